The van der Waals surface area contributed by atoms with E-state index >= 15 is 0 Å². The first-order chi connectivity index (χ1) is 19.7. The van der Waals surface area contributed by atoms with Crippen molar-refractivity contribution in [2.45, 2.75) is 116 Å². The van der Waals surface area contributed by atoms with Gasteiger partial charge in [0.25, 0.3) is 0 Å². The zero-order valence-electron chi connectivity index (χ0n) is 25.8. The van der Waals surface area contributed by atoms with Crippen LogP contribution < -0.4 is 0 Å². The lowest BCUT2D eigenvalue weighted by Gasteiger charge is -2.72. The molecule has 0 radical (unpaired) electrons. The molecule has 1 spiro atoms. The molecule has 0 heterocycles. The van der Waals surface area contributed by atoms with E-state index in [0.717, 1.165) is 44.1 Å². The van der Waals surface area contributed by atoms with Gasteiger partial charge in [-0.2, -0.15) is 0 Å². The monoisotopic (exact) mass is 578 g/mol. The zero-order valence-corrected chi connectivity index (χ0v) is 25.8. The Morgan fingerprint density at radius 2 is 1.79 bits per heavy atom. The highest BCUT2D eigenvalue weighted by molar-refractivity contribution is 5.96. The lowest BCUT2D eigenvalue weighted by atomic mass is 9.31. The summed E-state index contributed by atoms with van der Waals surface area (Å²) in [6, 6.07) is 0. The largest absolute Gasteiger partial charge is 0.394 e. The molecule has 4 fully saturated rings. The Morgan fingerprint density at radius 3 is 2.52 bits per heavy atom. The van der Waals surface area contributed by atoms with Crippen LogP contribution in [0, 0.1) is 68.0 Å². The third kappa shape index (κ3) is 3.23. The number of carbonyl (C=O) groups is 1. The zero-order chi connectivity index (χ0) is 30.1. The summed E-state index contributed by atoms with van der Waals surface area (Å²) in [4.78, 5) is 14.8. The molecule has 0 aliphatic heterocycles. The molecule has 0 aromatic carbocycles. The molecule has 0 unspecified atom stereocenters. The van der Waals surface area contributed by atoms with Crippen LogP contribution in [0.2, 0.25) is 0 Å². The quantitative estimate of drug-likeness (QED) is 0.250. The summed E-state index contributed by atoms with van der Waals surface area (Å²) in [6.45, 7) is 8.67. The van der Waals surface area contributed by atoms with Crippen LogP contribution in [0.1, 0.15) is 91.9 Å². The van der Waals surface area contributed by atoms with Crippen LogP contribution in [0.15, 0.2) is 23.8 Å². The predicted molar refractivity (Wildman–Crippen MR) is 159 cm³/mol. The van der Waals surface area contributed by atoms with E-state index in [9.17, 15) is 30.3 Å². The molecular weight excluding hydrogens is 528 g/mol. The first-order valence-corrected chi connectivity index (χ1v) is 16.5. The molecule has 6 nitrogen and oxygen atoms in total. The van der Waals surface area contributed by atoms with Crippen LogP contribution in [0.25, 0.3) is 0 Å². The van der Waals surface area contributed by atoms with E-state index in [4.69, 9.17) is 0 Å². The molecule has 9 rings (SSSR count). The van der Waals surface area contributed by atoms with Gasteiger partial charge >= 0.3 is 0 Å². The summed E-state index contributed by atoms with van der Waals surface area (Å²) in [5.41, 5.74) is -1.93. The highest BCUT2D eigenvalue weighted by Crippen LogP contribution is 2.77. The first-order valence-electron chi connectivity index (χ1n) is 16.5. The number of ketones is 1. The molecule has 14 atom stereocenters. The highest BCUT2D eigenvalue weighted by atomic mass is 16.3. The minimum absolute atomic E-state index is 0.0251. The van der Waals surface area contributed by atoms with Crippen molar-refractivity contribution in [3.8, 4) is 11.8 Å². The summed E-state index contributed by atoms with van der Waals surface area (Å²) in [7, 11) is 0. The maximum atomic E-state index is 14.8. The molecule has 0 aromatic heterocycles. The topological polar surface area (TPSA) is 118 Å². The maximum absolute atomic E-state index is 14.8. The molecule has 9 aliphatic carbocycles. The lowest BCUT2D eigenvalue weighted by molar-refractivity contribution is -0.251. The van der Waals surface area contributed by atoms with Crippen LogP contribution in [0.3, 0.4) is 0 Å². The molecule has 9 aliphatic rings. The van der Waals surface area contributed by atoms with E-state index in [0.29, 0.717) is 25.7 Å². The van der Waals surface area contributed by atoms with Crippen LogP contribution in [-0.2, 0) is 4.79 Å². The van der Waals surface area contributed by atoms with Gasteiger partial charge in [0, 0.05) is 23.2 Å². The molecule has 6 heteroatoms. The third-order valence-corrected chi connectivity index (χ3v) is 15.3. The average Bonchev–Trinajstić information content (AvgIpc) is 3.13. The van der Waals surface area contributed by atoms with Gasteiger partial charge in [-0.25, -0.2) is 0 Å². The van der Waals surface area contributed by atoms with E-state index in [1.807, 2.05) is 6.08 Å². The molecule has 42 heavy (non-hydrogen) atoms. The number of aliphatic hydroxyl groups is 5. The van der Waals surface area contributed by atoms with Crippen molar-refractivity contribution in [1.29, 1.82) is 0 Å². The standard InChI is InChI=1S/C36H50O6/c1-31-11-6-5-9-26(39)35(15-14-31)23(18-31)22-17-24(38)30-32(2,33(22,3)19-28(35)41)13-10-25-34(30,4)21-8-7-12-36(25,27(40)16-21)29(42)20-37/h7-8,17,21,23,25-30,37,39-42H,6,10-16,18-20H2,1-4H3/t21-,23-,25+,26+,27+,28+,29-,30+,31+,32-,33-,34+,35+,36+/m1/s1. The fraction of sp³-hybridized carbons (Fsp3) is 0.806. The van der Waals surface area contributed by atoms with E-state index in [2.05, 4.69) is 51.7 Å². The highest BCUT2D eigenvalue weighted by Gasteiger charge is 2.75. The van der Waals surface area contributed by atoms with Gasteiger partial charge in [-0.15, -0.1) is 5.92 Å². The summed E-state index contributed by atoms with van der Waals surface area (Å²) in [5, 5.41) is 56.8. The smallest absolute Gasteiger partial charge is 0.159 e. The number of rotatable bonds is 2. The minimum atomic E-state index is -1.07. The minimum Gasteiger partial charge on any atom is -0.394 e. The van der Waals surface area contributed by atoms with Crippen molar-refractivity contribution in [3.05, 3.63) is 23.8 Å². The first kappa shape index (κ1) is 29.2. The van der Waals surface area contributed by atoms with Crippen molar-refractivity contribution in [2.24, 2.45) is 56.2 Å². The lowest BCUT2D eigenvalue weighted by Crippen LogP contribution is -2.72. The Kier molecular flexibility index (Phi) is 6.29. The Hall–Kier alpha value is -1.49. The summed E-state index contributed by atoms with van der Waals surface area (Å²) < 4.78 is 0. The van der Waals surface area contributed by atoms with Gasteiger partial charge in [-0.05, 0) is 103 Å². The van der Waals surface area contributed by atoms with Gasteiger partial charge in [-0.1, -0.05) is 51.3 Å². The normalized spacial score (nSPS) is 56.6. The third-order valence-electron chi connectivity index (χ3n) is 15.3. The second-order valence-electron chi connectivity index (χ2n) is 16.6. The Balaban J connectivity index is 1.40. The molecule has 5 N–H and O–H groups in total. The van der Waals surface area contributed by atoms with Gasteiger partial charge in [0.2, 0.25) is 0 Å². The molecule has 230 valence electrons. The SMILES string of the molecule is C[C@]12CCC#C[C@H](O)[C@]3(CC1)[C@H](C2)C1=CC(=O)[C@@H]2[C@@]4(C)[C@@H]5C=CC[C@@]([C@H](O)CO)([C@@H](O)C5)[C@H]4CC[C@@]2(C)[C@]1(C)C[C@@H]3O. The van der Waals surface area contributed by atoms with Gasteiger partial charge < -0.3 is 25.5 Å². The molecular formula is C36H50O6. The number of fused-ring (bicyclic) bond motifs is 9. The van der Waals surface area contributed by atoms with Crippen LogP contribution >= 0.6 is 0 Å². The van der Waals surface area contributed by atoms with E-state index in [1.165, 1.54) is 0 Å². The summed E-state index contributed by atoms with van der Waals surface area (Å²) in [6.07, 6.45) is 9.79. The number of allylic oxidation sites excluding steroid dienone is 4. The molecule has 4 saturated carbocycles. The molecule has 4 bridgehead atoms. The Bertz CT molecular complexity index is 1310. The van der Waals surface area contributed by atoms with Crippen molar-refractivity contribution in [3.63, 3.8) is 0 Å². The number of aliphatic hydroxyl groups excluding tert-OH is 5. The van der Waals surface area contributed by atoms with Crippen molar-refractivity contribution >= 4 is 5.78 Å². The van der Waals surface area contributed by atoms with Crippen molar-refractivity contribution < 1.29 is 30.3 Å². The molecule has 0 saturated heterocycles. The predicted octanol–water partition coefficient (Wildman–Crippen LogP) is 3.94. The molecule has 0 aromatic rings. The van der Waals surface area contributed by atoms with Gasteiger partial charge in [0.1, 0.15) is 6.10 Å². The van der Waals surface area contributed by atoms with E-state index in [1.54, 1.807) is 0 Å². The van der Waals surface area contributed by atoms with E-state index < -0.39 is 58.1 Å². The van der Waals surface area contributed by atoms with Crippen LogP contribution in [-0.4, -0.2) is 62.3 Å². The van der Waals surface area contributed by atoms with Crippen LogP contribution in [0.5, 0.6) is 0 Å². The average molecular weight is 579 g/mol. The number of hydrogen-bond donors (Lipinski definition) is 5. The number of hydrogen-bond acceptors (Lipinski definition) is 6. The Morgan fingerprint density at radius 1 is 1.02 bits per heavy atom. The number of carbonyl (C=O) groups excluding carboxylic acids is 1. The second-order valence-corrected chi connectivity index (χ2v) is 16.6. The second kappa shape index (κ2) is 9.04. The van der Waals surface area contributed by atoms with E-state index in [-0.39, 0.29) is 34.9 Å². The maximum Gasteiger partial charge on any atom is 0.159 e. The van der Waals surface area contributed by atoms with Crippen molar-refractivity contribution in [2.75, 3.05) is 6.61 Å². The fourth-order valence-electron chi connectivity index (χ4n) is 12.8. The summed E-state index contributed by atoms with van der Waals surface area (Å²) in [5.74, 6) is 5.83. The van der Waals surface area contributed by atoms with Gasteiger partial charge in [-0.3, -0.25) is 4.79 Å². The molecule has 0 amide bonds. The fourth-order valence-corrected chi connectivity index (χ4v) is 12.8. The van der Waals surface area contributed by atoms with Gasteiger partial charge in [0.15, 0.2) is 5.78 Å². The summed E-state index contributed by atoms with van der Waals surface area (Å²) >= 11 is 0. The van der Waals surface area contributed by atoms with Crippen molar-refractivity contribution in [1.82, 2.24) is 0 Å². The van der Waals surface area contributed by atoms with Crippen LogP contribution in [0.4, 0.5) is 0 Å². The van der Waals surface area contributed by atoms with Gasteiger partial charge in [0.05, 0.1) is 24.9 Å². The Labute approximate surface area is 250 Å².